The fourth-order valence-electron chi connectivity index (χ4n) is 1.65. The molecule has 0 spiro atoms. The number of ether oxygens (including phenoxy) is 1. The summed E-state index contributed by atoms with van der Waals surface area (Å²) in [5.74, 6) is -0.409. The van der Waals surface area contributed by atoms with Crippen molar-refractivity contribution in [2.75, 3.05) is 0 Å². The van der Waals surface area contributed by atoms with Crippen LogP contribution in [0.1, 0.15) is 11.1 Å². The van der Waals surface area contributed by atoms with E-state index in [4.69, 9.17) is 22.1 Å². The SMILES string of the molecule is NCc1c(Cl)cccc1Oc1ncc(Br)cc1C(F)(F)F. The van der Waals surface area contributed by atoms with Crippen molar-refractivity contribution in [3.63, 3.8) is 0 Å². The van der Waals surface area contributed by atoms with Crippen molar-refractivity contribution in [1.82, 2.24) is 4.98 Å². The third-order valence-corrected chi connectivity index (χ3v) is 3.40. The number of nitrogens with two attached hydrogens (primary N) is 1. The van der Waals surface area contributed by atoms with E-state index < -0.39 is 17.6 Å². The van der Waals surface area contributed by atoms with Crippen LogP contribution in [0.2, 0.25) is 5.02 Å². The molecule has 2 N–H and O–H groups in total. The fraction of sp³-hybridized carbons (Fsp3) is 0.154. The monoisotopic (exact) mass is 380 g/mol. The molecule has 0 aliphatic rings. The van der Waals surface area contributed by atoms with Crippen molar-refractivity contribution >= 4 is 27.5 Å². The Morgan fingerprint density at radius 3 is 2.67 bits per heavy atom. The van der Waals surface area contributed by atoms with Gasteiger partial charge in [-0.2, -0.15) is 13.2 Å². The van der Waals surface area contributed by atoms with Gasteiger partial charge in [0, 0.05) is 27.8 Å². The summed E-state index contributed by atoms with van der Waals surface area (Å²) in [6.45, 7) is 0.0346. The Morgan fingerprint density at radius 2 is 2.05 bits per heavy atom. The van der Waals surface area contributed by atoms with Crippen LogP contribution in [0.4, 0.5) is 13.2 Å². The van der Waals surface area contributed by atoms with Crippen LogP contribution in [0.3, 0.4) is 0 Å². The molecule has 0 atom stereocenters. The molecule has 1 aromatic heterocycles. The van der Waals surface area contributed by atoms with E-state index in [9.17, 15) is 13.2 Å². The minimum Gasteiger partial charge on any atom is -0.438 e. The highest BCUT2D eigenvalue weighted by atomic mass is 79.9. The maximum Gasteiger partial charge on any atom is 0.421 e. The van der Waals surface area contributed by atoms with Gasteiger partial charge >= 0.3 is 6.18 Å². The van der Waals surface area contributed by atoms with Crippen molar-refractivity contribution in [1.29, 1.82) is 0 Å². The number of hydrogen-bond acceptors (Lipinski definition) is 3. The maximum atomic E-state index is 13.0. The lowest BCUT2D eigenvalue weighted by atomic mass is 10.2. The van der Waals surface area contributed by atoms with Crippen LogP contribution in [0.25, 0.3) is 0 Å². The maximum absolute atomic E-state index is 13.0. The van der Waals surface area contributed by atoms with E-state index in [1.54, 1.807) is 12.1 Å². The van der Waals surface area contributed by atoms with Crippen LogP contribution in [-0.4, -0.2) is 4.98 Å². The zero-order valence-corrected chi connectivity index (χ0v) is 12.8. The highest BCUT2D eigenvalue weighted by Gasteiger charge is 2.36. The lowest BCUT2D eigenvalue weighted by molar-refractivity contribution is -0.138. The van der Waals surface area contributed by atoms with Crippen molar-refractivity contribution in [3.05, 3.63) is 51.1 Å². The molecule has 0 aliphatic heterocycles. The molecule has 8 heteroatoms. The molecule has 1 aromatic carbocycles. The second-order valence-corrected chi connectivity index (χ2v) is 5.35. The molecule has 0 radical (unpaired) electrons. The average Bonchev–Trinajstić information content (AvgIpc) is 2.40. The number of halogens is 5. The third kappa shape index (κ3) is 3.66. The summed E-state index contributed by atoms with van der Waals surface area (Å²) in [5.41, 5.74) is 4.97. The first kappa shape index (κ1) is 16.1. The van der Waals surface area contributed by atoms with E-state index in [1.807, 2.05) is 0 Å². The van der Waals surface area contributed by atoms with Crippen LogP contribution in [0, 0.1) is 0 Å². The van der Waals surface area contributed by atoms with Gasteiger partial charge in [-0.3, -0.25) is 0 Å². The minimum absolute atomic E-state index is 0.0346. The summed E-state index contributed by atoms with van der Waals surface area (Å²) < 4.78 is 44.5. The predicted octanol–water partition coefficient (Wildman–Crippen LogP) is 4.77. The van der Waals surface area contributed by atoms with Gasteiger partial charge in [0.05, 0.1) is 0 Å². The summed E-state index contributed by atoms with van der Waals surface area (Å²) in [6.07, 6.45) is -3.37. The van der Waals surface area contributed by atoms with E-state index in [2.05, 4.69) is 20.9 Å². The van der Waals surface area contributed by atoms with Gasteiger partial charge in [-0.05, 0) is 34.1 Å². The van der Waals surface area contributed by atoms with E-state index in [0.29, 0.717) is 10.6 Å². The van der Waals surface area contributed by atoms with Gasteiger partial charge in [-0.25, -0.2) is 4.98 Å². The Morgan fingerprint density at radius 1 is 1.33 bits per heavy atom. The molecule has 0 unspecified atom stereocenters. The van der Waals surface area contributed by atoms with E-state index in [0.717, 1.165) is 6.07 Å². The Hall–Kier alpha value is -1.31. The summed E-state index contributed by atoms with van der Waals surface area (Å²) in [6, 6.07) is 5.52. The van der Waals surface area contributed by atoms with E-state index in [-0.39, 0.29) is 16.8 Å². The first-order chi connectivity index (χ1) is 9.82. The number of rotatable bonds is 3. The quantitative estimate of drug-likeness (QED) is 0.833. The summed E-state index contributed by atoms with van der Waals surface area (Å²) in [5, 5.41) is 0.320. The first-order valence-electron chi connectivity index (χ1n) is 5.71. The smallest absolute Gasteiger partial charge is 0.421 e. The van der Waals surface area contributed by atoms with Crippen LogP contribution < -0.4 is 10.5 Å². The first-order valence-corrected chi connectivity index (χ1v) is 6.88. The van der Waals surface area contributed by atoms with Gasteiger partial charge in [0.15, 0.2) is 0 Å². The summed E-state index contributed by atoms with van der Waals surface area (Å²) in [7, 11) is 0. The molecule has 2 aromatic rings. The van der Waals surface area contributed by atoms with Crippen LogP contribution >= 0.6 is 27.5 Å². The van der Waals surface area contributed by atoms with Gasteiger partial charge in [-0.15, -0.1) is 0 Å². The second-order valence-electron chi connectivity index (χ2n) is 4.03. The Labute approximate surface area is 132 Å². The third-order valence-electron chi connectivity index (χ3n) is 2.61. The molecule has 0 bridgehead atoms. The average molecular weight is 382 g/mol. The molecule has 1 heterocycles. The van der Waals surface area contributed by atoms with Crippen molar-refractivity contribution in [2.24, 2.45) is 5.73 Å². The normalized spacial score (nSPS) is 11.5. The topological polar surface area (TPSA) is 48.1 Å². The van der Waals surface area contributed by atoms with Crippen molar-refractivity contribution < 1.29 is 17.9 Å². The van der Waals surface area contributed by atoms with Gasteiger partial charge in [0.2, 0.25) is 5.88 Å². The van der Waals surface area contributed by atoms with Gasteiger partial charge in [0.1, 0.15) is 11.3 Å². The fourth-order valence-corrected chi connectivity index (χ4v) is 2.22. The number of nitrogens with zero attached hydrogens (tertiary/aromatic N) is 1. The highest BCUT2D eigenvalue weighted by molar-refractivity contribution is 9.10. The van der Waals surface area contributed by atoms with E-state index >= 15 is 0 Å². The Bertz CT molecular complexity index is 664. The molecule has 0 saturated carbocycles. The Kier molecular flexibility index (Phi) is 4.75. The van der Waals surface area contributed by atoms with Crippen LogP contribution in [0.5, 0.6) is 11.6 Å². The summed E-state index contributed by atoms with van der Waals surface area (Å²) >= 11 is 8.90. The molecule has 112 valence electrons. The zero-order chi connectivity index (χ0) is 15.6. The lowest BCUT2D eigenvalue weighted by Gasteiger charge is -2.15. The second kappa shape index (κ2) is 6.21. The molecule has 3 nitrogen and oxygen atoms in total. The van der Waals surface area contributed by atoms with Gasteiger partial charge in [-0.1, -0.05) is 17.7 Å². The Balaban J connectivity index is 2.48. The number of benzene rings is 1. The van der Waals surface area contributed by atoms with Crippen molar-refractivity contribution in [3.8, 4) is 11.6 Å². The van der Waals surface area contributed by atoms with Crippen molar-refractivity contribution in [2.45, 2.75) is 12.7 Å². The molecule has 2 rings (SSSR count). The number of alkyl halides is 3. The molecule has 0 amide bonds. The van der Waals surface area contributed by atoms with Crippen LogP contribution in [-0.2, 0) is 12.7 Å². The zero-order valence-electron chi connectivity index (χ0n) is 10.4. The molecule has 0 saturated heterocycles. The number of pyridine rings is 1. The van der Waals surface area contributed by atoms with Gasteiger partial charge < -0.3 is 10.5 Å². The molecule has 0 fully saturated rings. The van der Waals surface area contributed by atoms with Crippen LogP contribution in [0.15, 0.2) is 34.9 Å². The summed E-state index contributed by atoms with van der Waals surface area (Å²) in [4.78, 5) is 3.67. The molecular weight excluding hydrogens is 373 g/mol. The molecule has 21 heavy (non-hydrogen) atoms. The lowest BCUT2D eigenvalue weighted by Crippen LogP contribution is -2.09. The highest BCUT2D eigenvalue weighted by Crippen LogP contribution is 2.39. The van der Waals surface area contributed by atoms with E-state index in [1.165, 1.54) is 12.3 Å². The molecule has 0 aliphatic carbocycles. The number of aromatic nitrogens is 1. The minimum atomic E-state index is -4.59. The van der Waals surface area contributed by atoms with Gasteiger partial charge in [0.25, 0.3) is 0 Å². The number of hydrogen-bond donors (Lipinski definition) is 1. The largest absolute Gasteiger partial charge is 0.438 e. The standard InChI is InChI=1S/C13H9BrClF3N2O/c14-7-4-9(13(16,17)18)12(20-6-7)21-11-3-1-2-10(15)8(11)5-19/h1-4,6H,5,19H2. The molecular formula is C13H9BrClF3N2O. The predicted molar refractivity (Wildman–Crippen MR) is 76.4 cm³/mol.